The van der Waals surface area contributed by atoms with Gasteiger partial charge in [0.15, 0.2) is 6.10 Å². The zero-order valence-corrected chi connectivity index (χ0v) is 12.4. The van der Waals surface area contributed by atoms with E-state index in [4.69, 9.17) is 10.00 Å². The molecule has 0 aromatic heterocycles. The van der Waals surface area contributed by atoms with Crippen LogP contribution in [0, 0.1) is 11.3 Å². The fourth-order valence-corrected chi connectivity index (χ4v) is 2.58. The number of carbonyl (C=O) groups is 2. The van der Waals surface area contributed by atoms with Crippen molar-refractivity contribution in [2.75, 3.05) is 6.54 Å². The van der Waals surface area contributed by atoms with E-state index in [1.165, 1.54) is 4.90 Å². The number of likely N-dealkylation sites (tertiary alicyclic amines) is 1. The lowest BCUT2D eigenvalue weighted by Crippen LogP contribution is -2.52. The highest BCUT2D eigenvalue weighted by molar-refractivity contribution is 5.86. The van der Waals surface area contributed by atoms with Gasteiger partial charge in [-0.1, -0.05) is 6.07 Å². The molecule has 0 radical (unpaired) electrons. The Balaban J connectivity index is 2.07. The third-order valence-electron chi connectivity index (χ3n) is 3.69. The Bertz CT molecular complexity index is 608. The number of hydrogen-bond donors (Lipinski definition) is 1. The number of nitriles is 1. The molecule has 1 saturated heterocycles. The van der Waals surface area contributed by atoms with Crippen LogP contribution in [0.3, 0.4) is 0 Å². The van der Waals surface area contributed by atoms with Gasteiger partial charge in [0.05, 0.1) is 11.6 Å². The number of hydrogen-bond acceptors (Lipinski definition) is 4. The summed E-state index contributed by atoms with van der Waals surface area (Å²) in [5, 5.41) is 18.1. The molecule has 1 heterocycles. The van der Waals surface area contributed by atoms with Gasteiger partial charge in [-0.3, -0.25) is 4.79 Å². The number of amides is 1. The molecule has 6 nitrogen and oxygen atoms in total. The van der Waals surface area contributed by atoms with E-state index in [1.807, 2.05) is 6.07 Å². The zero-order chi connectivity index (χ0) is 16.1. The molecule has 2 rings (SSSR count). The lowest BCUT2D eigenvalue weighted by Gasteiger charge is -2.34. The fraction of sp³-hybridized carbons (Fsp3) is 0.438. The molecular formula is C16H18N2O4. The highest BCUT2D eigenvalue weighted by atomic mass is 16.5. The number of carbonyl (C=O) groups excluding carboxylic acids is 1. The predicted molar refractivity (Wildman–Crippen MR) is 78.2 cm³/mol. The van der Waals surface area contributed by atoms with Crippen molar-refractivity contribution in [1.82, 2.24) is 4.90 Å². The monoisotopic (exact) mass is 302 g/mol. The van der Waals surface area contributed by atoms with Gasteiger partial charge in [0, 0.05) is 6.54 Å². The summed E-state index contributed by atoms with van der Waals surface area (Å²) in [6.45, 7) is 2.02. The summed E-state index contributed by atoms with van der Waals surface area (Å²) in [5.74, 6) is -0.898. The van der Waals surface area contributed by atoms with Crippen molar-refractivity contribution in [2.24, 2.45) is 0 Å². The molecule has 1 N–H and O–H groups in total. The van der Waals surface area contributed by atoms with Crippen molar-refractivity contribution in [1.29, 1.82) is 5.26 Å². The Hall–Kier alpha value is -2.55. The van der Waals surface area contributed by atoms with Gasteiger partial charge in [-0.2, -0.15) is 5.26 Å². The molecule has 1 amide bonds. The van der Waals surface area contributed by atoms with Crippen LogP contribution in [0.4, 0.5) is 0 Å². The van der Waals surface area contributed by atoms with Gasteiger partial charge in [0.1, 0.15) is 11.8 Å². The maximum atomic E-state index is 12.4. The number of carboxylic acid groups (broad SMARTS) is 1. The van der Waals surface area contributed by atoms with Crippen LogP contribution in [0.5, 0.6) is 5.75 Å². The minimum absolute atomic E-state index is 0.338. The first-order valence-electron chi connectivity index (χ1n) is 7.23. The van der Waals surface area contributed by atoms with E-state index in [1.54, 1.807) is 31.2 Å². The molecular weight excluding hydrogens is 284 g/mol. The largest absolute Gasteiger partial charge is 0.481 e. The van der Waals surface area contributed by atoms with Crippen LogP contribution < -0.4 is 4.74 Å². The van der Waals surface area contributed by atoms with Gasteiger partial charge in [-0.15, -0.1) is 0 Å². The second-order valence-corrected chi connectivity index (χ2v) is 5.28. The number of nitrogens with zero attached hydrogens (tertiary/aromatic N) is 2. The first kappa shape index (κ1) is 15.8. The number of rotatable bonds is 4. The first-order chi connectivity index (χ1) is 10.5. The van der Waals surface area contributed by atoms with E-state index in [0.29, 0.717) is 24.3 Å². The molecule has 116 valence electrons. The third-order valence-corrected chi connectivity index (χ3v) is 3.69. The second kappa shape index (κ2) is 6.94. The van der Waals surface area contributed by atoms with Crippen molar-refractivity contribution >= 4 is 11.9 Å². The Labute approximate surface area is 128 Å². The lowest BCUT2D eigenvalue weighted by molar-refractivity contribution is -0.155. The van der Waals surface area contributed by atoms with Crippen LogP contribution in [0.2, 0.25) is 0 Å². The average Bonchev–Trinajstić information content (AvgIpc) is 2.54. The highest BCUT2D eigenvalue weighted by Gasteiger charge is 2.34. The molecule has 0 bridgehead atoms. The molecule has 6 heteroatoms. The van der Waals surface area contributed by atoms with Crippen LogP contribution in [0.25, 0.3) is 0 Å². The molecule has 1 aromatic rings. The number of ether oxygens (including phenoxy) is 1. The van der Waals surface area contributed by atoms with Gasteiger partial charge in [-0.25, -0.2) is 4.79 Å². The first-order valence-corrected chi connectivity index (χ1v) is 7.23. The molecule has 0 saturated carbocycles. The van der Waals surface area contributed by atoms with Gasteiger partial charge in [0.25, 0.3) is 5.91 Å². The summed E-state index contributed by atoms with van der Waals surface area (Å²) in [7, 11) is 0. The van der Waals surface area contributed by atoms with Gasteiger partial charge < -0.3 is 14.7 Å². The Kier molecular flexibility index (Phi) is 4.99. The normalized spacial score (nSPS) is 19.1. The third kappa shape index (κ3) is 3.55. The number of aliphatic carboxylic acids is 1. The van der Waals surface area contributed by atoms with Crippen molar-refractivity contribution in [3.8, 4) is 11.8 Å². The second-order valence-electron chi connectivity index (χ2n) is 5.28. The van der Waals surface area contributed by atoms with Crippen LogP contribution in [0.1, 0.15) is 31.7 Å². The molecule has 1 fully saturated rings. The van der Waals surface area contributed by atoms with E-state index < -0.39 is 18.1 Å². The molecule has 1 aliphatic heterocycles. The molecule has 22 heavy (non-hydrogen) atoms. The molecule has 1 aromatic carbocycles. The fourth-order valence-electron chi connectivity index (χ4n) is 2.58. The van der Waals surface area contributed by atoms with Crippen molar-refractivity contribution in [3.63, 3.8) is 0 Å². The van der Waals surface area contributed by atoms with Crippen molar-refractivity contribution < 1.29 is 19.4 Å². The maximum Gasteiger partial charge on any atom is 0.326 e. The summed E-state index contributed by atoms with van der Waals surface area (Å²) < 4.78 is 5.56. The van der Waals surface area contributed by atoms with Crippen LogP contribution in [-0.2, 0) is 9.59 Å². The summed E-state index contributed by atoms with van der Waals surface area (Å²) in [5.41, 5.74) is 0.443. The zero-order valence-electron chi connectivity index (χ0n) is 12.4. The smallest absolute Gasteiger partial charge is 0.326 e. The van der Waals surface area contributed by atoms with Gasteiger partial charge >= 0.3 is 5.97 Å². The Morgan fingerprint density at radius 1 is 1.45 bits per heavy atom. The SMILES string of the molecule is CC(Oc1cccc(C#N)c1)C(=O)N1CCCC[C@@H]1C(=O)O. The van der Waals surface area contributed by atoms with Gasteiger partial charge in [-0.05, 0) is 44.4 Å². The number of piperidine rings is 1. The number of benzene rings is 1. The summed E-state index contributed by atoms with van der Waals surface area (Å²) >= 11 is 0. The topological polar surface area (TPSA) is 90.6 Å². The maximum absolute atomic E-state index is 12.4. The summed E-state index contributed by atoms with van der Waals surface area (Å²) in [6, 6.07) is 7.75. The van der Waals surface area contributed by atoms with Crippen molar-refractivity contribution in [3.05, 3.63) is 29.8 Å². The highest BCUT2D eigenvalue weighted by Crippen LogP contribution is 2.20. The van der Waals surface area contributed by atoms with E-state index in [2.05, 4.69) is 0 Å². The molecule has 2 atom stereocenters. The van der Waals surface area contributed by atoms with E-state index in [-0.39, 0.29) is 5.91 Å². The van der Waals surface area contributed by atoms with Crippen LogP contribution in [-0.4, -0.2) is 40.6 Å². The summed E-state index contributed by atoms with van der Waals surface area (Å²) in [6.07, 6.45) is 1.28. The van der Waals surface area contributed by atoms with Crippen LogP contribution >= 0.6 is 0 Å². The Morgan fingerprint density at radius 2 is 2.23 bits per heavy atom. The molecule has 1 aliphatic rings. The average molecular weight is 302 g/mol. The van der Waals surface area contributed by atoms with E-state index in [0.717, 1.165) is 12.8 Å². The van der Waals surface area contributed by atoms with Crippen molar-refractivity contribution in [2.45, 2.75) is 38.3 Å². The Morgan fingerprint density at radius 3 is 2.91 bits per heavy atom. The molecule has 0 spiro atoms. The standard InChI is InChI=1S/C16H18N2O4/c1-11(22-13-6-4-5-12(9-13)10-17)15(19)18-8-3-2-7-14(18)16(20)21/h4-6,9,11,14H,2-3,7-8H2,1H3,(H,20,21)/t11?,14-/m1/s1. The van der Waals surface area contributed by atoms with Gasteiger partial charge in [0.2, 0.25) is 0 Å². The minimum atomic E-state index is -0.980. The minimum Gasteiger partial charge on any atom is -0.481 e. The molecule has 0 aliphatic carbocycles. The van der Waals surface area contributed by atoms with E-state index in [9.17, 15) is 14.7 Å². The predicted octanol–water partition coefficient (Wildman–Crippen LogP) is 1.79. The lowest BCUT2D eigenvalue weighted by atomic mass is 10.0. The molecule has 1 unspecified atom stereocenters. The van der Waals surface area contributed by atoms with E-state index >= 15 is 0 Å². The summed E-state index contributed by atoms with van der Waals surface area (Å²) in [4.78, 5) is 25.1. The van der Waals surface area contributed by atoms with Crippen LogP contribution in [0.15, 0.2) is 24.3 Å². The quantitative estimate of drug-likeness (QED) is 0.915. The number of carboxylic acids is 1.